The van der Waals surface area contributed by atoms with E-state index < -0.39 is 5.54 Å². The van der Waals surface area contributed by atoms with Crippen molar-refractivity contribution in [3.63, 3.8) is 0 Å². The maximum Gasteiger partial charge on any atom is 0.0648 e. The number of nitrogens with two attached hydrogens (primary N) is 1. The highest BCUT2D eigenvalue weighted by molar-refractivity contribution is 9.10. The molecule has 0 aliphatic carbocycles. The van der Waals surface area contributed by atoms with Crippen molar-refractivity contribution in [1.29, 1.82) is 0 Å². The van der Waals surface area contributed by atoms with Crippen LogP contribution in [0.3, 0.4) is 0 Å². The van der Waals surface area contributed by atoms with E-state index in [-0.39, 0.29) is 0 Å². The topological polar surface area (TPSA) is 26.0 Å². The van der Waals surface area contributed by atoms with Crippen molar-refractivity contribution in [2.75, 3.05) is 0 Å². The zero-order valence-electron chi connectivity index (χ0n) is 11.5. The minimum Gasteiger partial charge on any atom is -0.318 e. The van der Waals surface area contributed by atoms with E-state index in [9.17, 15) is 0 Å². The summed E-state index contributed by atoms with van der Waals surface area (Å²) in [6.45, 7) is 4.26. The second kappa shape index (κ2) is 5.89. The third-order valence-corrected chi connectivity index (χ3v) is 4.19. The molecule has 19 heavy (non-hydrogen) atoms. The lowest BCUT2D eigenvalue weighted by Gasteiger charge is -2.27. The average Bonchev–Trinajstić information content (AvgIpc) is 2.40. The number of hydrogen-bond acceptors (Lipinski definition) is 1. The van der Waals surface area contributed by atoms with Crippen LogP contribution in [0.25, 0.3) is 0 Å². The van der Waals surface area contributed by atoms with Gasteiger partial charge in [0, 0.05) is 4.47 Å². The summed E-state index contributed by atoms with van der Waals surface area (Å²) in [4.78, 5) is 0. The molecule has 0 amide bonds. The van der Waals surface area contributed by atoms with E-state index in [2.05, 4.69) is 60.1 Å². The van der Waals surface area contributed by atoms with Crippen molar-refractivity contribution in [1.82, 2.24) is 0 Å². The summed E-state index contributed by atoms with van der Waals surface area (Å²) < 4.78 is 1.06. The molecule has 0 bridgehead atoms. The molecule has 2 N–H and O–H groups in total. The van der Waals surface area contributed by atoms with Gasteiger partial charge in [-0.25, -0.2) is 0 Å². The quantitative estimate of drug-likeness (QED) is 0.874. The van der Waals surface area contributed by atoms with Crippen molar-refractivity contribution >= 4 is 15.9 Å². The Hall–Kier alpha value is -1.12. The van der Waals surface area contributed by atoms with Crippen LogP contribution in [-0.2, 0) is 12.0 Å². The maximum atomic E-state index is 6.60. The molecule has 1 atom stereocenters. The summed E-state index contributed by atoms with van der Waals surface area (Å²) in [7, 11) is 0. The predicted octanol–water partition coefficient (Wildman–Crippen LogP) is 4.62. The Balaban J connectivity index is 2.44. The third-order valence-electron chi connectivity index (χ3n) is 3.50. The molecule has 0 aliphatic heterocycles. The van der Waals surface area contributed by atoms with Crippen LogP contribution in [0.5, 0.6) is 0 Å². The smallest absolute Gasteiger partial charge is 0.0648 e. The molecule has 2 rings (SSSR count). The molecule has 0 radical (unpaired) electrons. The van der Waals surface area contributed by atoms with Gasteiger partial charge in [-0.1, -0.05) is 71.7 Å². The largest absolute Gasteiger partial charge is 0.318 e. The third kappa shape index (κ3) is 3.07. The van der Waals surface area contributed by atoms with Crippen molar-refractivity contribution in [3.05, 3.63) is 69.7 Å². The Morgan fingerprint density at radius 1 is 1.11 bits per heavy atom. The Morgan fingerprint density at radius 2 is 1.84 bits per heavy atom. The predicted molar refractivity (Wildman–Crippen MR) is 85.2 cm³/mol. The van der Waals surface area contributed by atoms with Crippen LogP contribution in [0.1, 0.15) is 37.0 Å². The molecule has 2 heteroatoms. The summed E-state index contributed by atoms with van der Waals surface area (Å²) in [5.74, 6) is 0. The zero-order chi connectivity index (χ0) is 13.9. The standard InChI is InChI=1S/C17H20BrN/c1-3-7-13-8-6-9-14(12-13)17(2,19)15-10-4-5-11-16(15)18/h4-6,8-12H,3,7,19H2,1-2H3. The first-order chi connectivity index (χ1) is 9.05. The molecule has 1 unspecified atom stereocenters. The summed E-state index contributed by atoms with van der Waals surface area (Å²) in [5.41, 5.74) is 9.74. The molecule has 0 heterocycles. The van der Waals surface area contributed by atoms with E-state index in [0.717, 1.165) is 28.4 Å². The lowest BCUT2D eigenvalue weighted by Crippen LogP contribution is -2.34. The van der Waals surface area contributed by atoms with Gasteiger partial charge in [0.15, 0.2) is 0 Å². The Kier molecular flexibility index (Phi) is 4.43. The molecule has 0 spiro atoms. The maximum absolute atomic E-state index is 6.60. The van der Waals surface area contributed by atoms with Gasteiger partial charge in [-0.15, -0.1) is 0 Å². The van der Waals surface area contributed by atoms with E-state index in [1.165, 1.54) is 5.56 Å². The molecule has 100 valence electrons. The Morgan fingerprint density at radius 3 is 2.53 bits per heavy atom. The fraction of sp³-hybridized carbons (Fsp3) is 0.294. The second-order valence-corrected chi connectivity index (χ2v) is 5.99. The van der Waals surface area contributed by atoms with Gasteiger partial charge in [-0.2, -0.15) is 0 Å². The fourth-order valence-corrected chi connectivity index (χ4v) is 3.07. The fourth-order valence-electron chi connectivity index (χ4n) is 2.38. The minimum absolute atomic E-state index is 0.482. The van der Waals surface area contributed by atoms with E-state index in [0.29, 0.717) is 0 Å². The molecule has 0 aliphatic rings. The van der Waals surface area contributed by atoms with E-state index in [4.69, 9.17) is 5.73 Å². The number of benzene rings is 2. The number of aryl methyl sites for hydroxylation is 1. The Bertz CT molecular complexity index is 561. The van der Waals surface area contributed by atoms with Gasteiger partial charge in [0.1, 0.15) is 0 Å². The first kappa shape index (κ1) is 14.3. The summed E-state index contributed by atoms with van der Waals surface area (Å²) in [5, 5.41) is 0. The molecular weight excluding hydrogens is 298 g/mol. The lowest BCUT2D eigenvalue weighted by atomic mass is 9.84. The lowest BCUT2D eigenvalue weighted by molar-refractivity contribution is 0.599. The van der Waals surface area contributed by atoms with Gasteiger partial charge in [0.2, 0.25) is 0 Å². The molecule has 2 aromatic rings. The SMILES string of the molecule is CCCc1cccc(C(C)(N)c2ccccc2Br)c1. The van der Waals surface area contributed by atoms with Crippen LogP contribution < -0.4 is 5.73 Å². The van der Waals surface area contributed by atoms with Crippen molar-refractivity contribution in [2.24, 2.45) is 5.73 Å². The zero-order valence-corrected chi connectivity index (χ0v) is 13.1. The summed E-state index contributed by atoms with van der Waals surface area (Å²) in [6, 6.07) is 16.8. The van der Waals surface area contributed by atoms with Crippen molar-refractivity contribution < 1.29 is 0 Å². The first-order valence-corrected chi connectivity index (χ1v) is 7.48. The van der Waals surface area contributed by atoms with Crippen LogP contribution in [-0.4, -0.2) is 0 Å². The highest BCUT2D eigenvalue weighted by Crippen LogP contribution is 2.32. The van der Waals surface area contributed by atoms with Crippen LogP contribution in [0.15, 0.2) is 53.0 Å². The molecule has 0 aromatic heterocycles. The molecular formula is C17H20BrN. The average molecular weight is 318 g/mol. The second-order valence-electron chi connectivity index (χ2n) is 5.13. The molecule has 0 fully saturated rings. The van der Waals surface area contributed by atoms with Gasteiger partial charge in [-0.05, 0) is 36.1 Å². The van der Waals surface area contributed by atoms with Crippen LogP contribution in [0.4, 0.5) is 0 Å². The van der Waals surface area contributed by atoms with E-state index in [1.807, 2.05) is 18.2 Å². The van der Waals surface area contributed by atoms with Gasteiger partial charge < -0.3 is 5.73 Å². The number of halogens is 1. The van der Waals surface area contributed by atoms with Crippen LogP contribution in [0.2, 0.25) is 0 Å². The minimum atomic E-state index is -0.482. The van der Waals surface area contributed by atoms with E-state index in [1.54, 1.807) is 0 Å². The van der Waals surface area contributed by atoms with Gasteiger partial charge in [0.05, 0.1) is 5.54 Å². The molecule has 2 aromatic carbocycles. The first-order valence-electron chi connectivity index (χ1n) is 6.69. The van der Waals surface area contributed by atoms with Crippen molar-refractivity contribution in [3.8, 4) is 0 Å². The van der Waals surface area contributed by atoms with Crippen LogP contribution >= 0.6 is 15.9 Å². The molecule has 0 saturated heterocycles. The van der Waals surface area contributed by atoms with E-state index >= 15 is 0 Å². The number of hydrogen-bond donors (Lipinski definition) is 1. The monoisotopic (exact) mass is 317 g/mol. The molecule has 1 nitrogen and oxygen atoms in total. The highest BCUT2D eigenvalue weighted by atomic mass is 79.9. The van der Waals surface area contributed by atoms with Crippen LogP contribution in [0, 0.1) is 0 Å². The highest BCUT2D eigenvalue weighted by Gasteiger charge is 2.25. The number of rotatable bonds is 4. The van der Waals surface area contributed by atoms with Gasteiger partial charge >= 0.3 is 0 Å². The van der Waals surface area contributed by atoms with Gasteiger partial charge in [-0.3, -0.25) is 0 Å². The van der Waals surface area contributed by atoms with Gasteiger partial charge in [0.25, 0.3) is 0 Å². The van der Waals surface area contributed by atoms with Crippen molar-refractivity contribution in [2.45, 2.75) is 32.2 Å². The summed E-state index contributed by atoms with van der Waals surface area (Å²) >= 11 is 3.60. The molecule has 0 saturated carbocycles. The Labute approximate surface area is 124 Å². The summed E-state index contributed by atoms with van der Waals surface area (Å²) in [6.07, 6.45) is 2.25. The normalized spacial score (nSPS) is 14.1.